The van der Waals surface area contributed by atoms with Crippen molar-refractivity contribution in [2.75, 3.05) is 0 Å². The van der Waals surface area contributed by atoms with Gasteiger partial charge in [-0.3, -0.25) is 4.98 Å². The van der Waals surface area contributed by atoms with Crippen LogP contribution in [0.25, 0.3) is 0 Å². The van der Waals surface area contributed by atoms with Crippen molar-refractivity contribution in [3.8, 4) is 6.07 Å². The number of hydrogen-bond acceptors (Lipinski definition) is 2. The molecule has 0 spiro atoms. The van der Waals surface area contributed by atoms with Gasteiger partial charge in [-0.1, -0.05) is 0 Å². The quantitative estimate of drug-likeness (QED) is 0.676. The van der Waals surface area contributed by atoms with Crippen molar-refractivity contribution >= 4 is 0 Å². The van der Waals surface area contributed by atoms with Crippen molar-refractivity contribution in [2.24, 2.45) is 0 Å². The highest BCUT2D eigenvalue weighted by atomic mass is 14.7. The van der Waals surface area contributed by atoms with Crippen LogP contribution in [0.1, 0.15) is 46.8 Å². The Morgan fingerprint density at radius 3 is 2.36 bits per heavy atom. The molecule has 1 heterocycles. The molecule has 0 amide bonds. The Hall–Kier alpha value is -1.36. The highest BCUT2D eigenvalue weighted by Crippen LogP contribution is 2.41. The van der Waals surface area contributed by atoms with Crippen LogP contribution in [-0.2, 0) is 0 Å². The van der Waals surface area contributed by atoms with E-state index in [1.807, 2.05) is 20.8 Å². The van der Waals surface area contributed by atoms with Crippen molar-refractivity contribution in [3.63, 3.8) is 0 Å². The molecule has 0 bridgehead atoms. The molecular weight excluding hydrogens is 172 g/mol. The lowest BCUT2D eigenvalue weighted by atomic mass is 10.00. The summed E-state index contributed by atoms with van der Waals surface area (Å²) in [4.78, 5) is 4.54. The fourth-order valence-corrected chi connectivity index (χ4v) is 1.76. The van der Waals surface area contributed by atoms with E-state index in [-0.39, 0.29) is 0 Å². The van der Waals surface area contributed by atoms with E-state index in [1.54, 1.807) is 0 Å². The van der Waals surface area contributed by atoms with Gasteiger partial charge in [-0.05, 0) is 44.7 Å². The fraction of sp³-hybridized carbons (Fsp3) is 0.500. The molecule has 14 heavy (non-hydrogen) atoms. The van der Waals surface area contributed by atoms with Gasteiger partial charge in [-0.2, -0.15) is 5.26 Å². The van der Waals surface area contributed by atoms with Gasteiger partial charge in [0, 0.05) is 11.6 Å². The van der Waals surface area contributed by atoms with Crippen LogP contribution >= 0.6 is 0 Å². The normalized spacial score (nSPS) is 15.3. The maximum atomic E-state index is 9.10. The van der Waals surface area contributed by atoms with Crippen molar-refractivity contribution in [3.05, 3.63) is 28.1 Å². The molecule has 1 aromatic rings. The zero-order valence-electron chi connectivity index (χ0n) is 8.89. The highest BCUT2D eigenvalue weighted by molar-refractivity contribution is 5.48. The second kappa shape index (κ2) is 3.09. The number of nitriles is 1. The van der Waals surface area contributed by atoms with Crippen molar-refractivity contribution in [1.82, 2.24) is 4.98 Å². The SMILES string of the molecule is Cc1nc(C2CC2)c(C#N)c(C)c1C. The first-order valence-electron chi connectivity index (χ1n) is 5.03. The number of aromatic nitrogens is 1. The van der Waals surface area contributed by atoms with Crippen molar-refractivity contribution in [2.45, 2.75) is 39.5 Å². The zero-order chi connectivity index (χ0) is 10.3. The van der Waals surface area contributed by atoms with Gasteiger partial charge in [0.1, 0.15) is 6.07 Å². The maximum absolute atomic E-state index is 9.10. The number of rotatable bonds is 1. The summed E-state index contributed by atoms with van der Waals surface area (Å²) < 4.78 is 0. The molecule has 2 rings (SSSR count). The molecule has 1 aliphatic rings. The number of hydrogen-bond donors (Lipinski definition) is 0. The van der Waals surface area contributed by atoms with Gasteiger partial charge in [0.15, 0.2) is 0 Å². The van der Waals surface area contributed by atoms with Gasteiger partial charge in [0.2, 0.25) is 0 Å². The van der Waals surface area contributed by atoms with E-state index in [4.69, 9.17) is 5.26 Å². The lowest BCUT2D eigenvalue weighted by Crippen LogP contribution is -2.02. The minimum atomic E-state index is 0.558. The van der Waals surface area contributed by atoms with Gasteiger partial charge in [0.25, 0.3) is 0 Å². The molecular formula is C12H14N2. The summed E-state index contributed by atoms with van der Waals surface area (Å²) in [5.74, 6) is 0.558. The molecule has 0 aliphatic heterocycles. The average molecular weight is 186 g/mol. The van der Waals surface area contributed by atoms with Gasteiger partial charge in [0.05, 0.1) is 11.3 Å². The van der Waals surface area contributed by atoms with Crippen LogP contribution in [-0.4, -0.2) is 4.98 Å². The average Bonchev–Trinajstić information content (AvgIpc) is 2.97. The van der Waals surface area contributed by atoms with Gasteiger partial charge in [-0.25, -0.2) is 0 Å². The topological polar surface area (TPSA) is 36.7 Å². The van der Waals surface area contributed by atoms with Crippen LogP contribution < -0.4 is 0 Å². The molecule has 1 aromatic heterocycles. The van der Waals surface area contributed by atoms with E-state index in [0.29, 0.717) is 5.92 Å². The summed E-state index contributed by atoms with van der Waals surface area (Å²) >= 11 is 0. The van der Waals surface area contributed by atoms with E-state index in [0.717, 1.165) is 28.1 Å². The van der Waals surface area contributed by atoms with Gasteiger partial charge in [-0.15, -0.1) is 0 Å². The first kappa shape index (κ1) is 9.21. The molecule has 0 radical (unpaired) electrons. The van der Waals surface area contributed by atoms with Crippen LogP contribution in [0, 0.1) is 32.1 Å². The van der Waals surface area contributed by atoms with Crippen LogP contribution in [0.15, 0.2) is 0 Å². The second-order valence-electron chi connectivity index (χ2n) is 4.09. The first-order chi connectivity index (χ1) is 6.65. The molecule has 2 nitrogen and oxygen atoms in total. The van der Waals surface area contributed by atoms with E-state index >= 15 is 0 Å². The summed E-state index contributed by atoms with van der Waals surface area (Å²) in [5.41, 5.74) is 5.19. The summed E-state index contributed by atoms with van der Waals surface area (Å²) in [6.07, 6.45) is 2.40. The molecule has 0 N–H and O–H groups in total. The summed E-state index contributed by atoms with van der Waals surface area (Å²) in [6, 6.07) is 2.29. The Labute approximate surface area is 84.6 Å². The molecule has 0 atom stereocenters. The lowest BCUT2D eigenvalue weighted by Gasteiger charge is -2.10. The molecule has 1 aliphatic carbocycles. The molecule has 1 fully saturated rings. The van der Waals surface area contributed by atoms with Crippen molar-refractivity contribution in [1.29, 1.82) is 5.26 Å². The van der Waals surface area contributed by atoms with Gasteiger partial charge >= 0.3 is 0 Å². The Kier molecular flexibility index (Phi) is 2.03. The molecule has 0 unspecified atom stereocenters. The third kappa shape index (κ3) is 1.29. The Morgan fingerprint density at radius 2 is 1.86 bits per heavy atom. The molecule has 1 saturated carbocycles. The van der Waals surface area contributed by atoms with Crippen LogP contribution in [0.4, 0.5) is 0 Å². The first-order valence-corrected chi connectivity index (χ1v) is 5.03. The smallest absolute Gasteiger partial charge is 0.101 e. The Bertz CT molecular complexity index is 423. The Morgan fingerprint density at radius 1 is 1.21 bits per heavy atom. The number of pyridine rings is 1. The molecule has 2 heteroatoms. The highest BCUT2D eigenvalue weighted by Gasteiger charge is 2.29. The Balaban J connectivity index is 2.65. The number of aryl methyl sites for hydroxylation is 1. The molecule has 0 aromatic carbocycles. The predicted molar refractivity (Wildman–Crippen MR) is 55.1 cm³/mol. The molecule has 0 saturated heterocycles. The minimum absolute atomic E-state index is 0.558. The number of nitrogens with zero attached hydrogens (tertiary/aromatic N) is 2. The van der Waals surface area contributed by atoms with Crippen LogP contribution in [0.2, 0.25) is 0 Å². The third-order valence-electron chi connectivity index (χ3n) is 3.10. The minimum Gasteiger partial charge on any atom is -0.256 e. The van der Waals surface area contributed by atoms with E-state index in [2.05, 4.69) is 11.1 Å². The predicted octanol–water partition coefficient (Wildman–Crippen LogP) is 2.76. The van der Waals surface area contributed by atoms with E-state index in [9.17, 15) is 0 Å². The second-order valence-corrected chi connectivity index (χ2v) is 4.09. The molecule has 72 valence electrons. The standard InChI is InChI=1S/C12H14N2/c1-7-8(2)11(6-13)12(10-4-5-10)14-9(7)3/h10H,4-5H2,1-3H3. The maximum Gasteiger partial charge on any atom is 0.101 e. The summed E-state index contributed by atoms with van der Waals surface area (Å²) in [7, 11) is 0. The summed E-state index contributed by atoms with van der Waals surface area (Å²) in [6.45, 7) is 6.08. The third-order valence-corrected chi connectivity index (χ3v) is 3.10. The fourth-order valence-electron chi connectivity index (χ4n) is 1.76. The lowest BCUT2D eigenvalue weighted by molar-refractivity contribution is 0.959. The zero-order valence-corrected chi connectivity index (χ0v) is 8.89. The largest absolute Gasteiger partial charge is 0.256 e. The van der Waals surface area contributed by atoms with Crippen LogP contribution in [0.3, 0.4) is 0 Å². The summed E-state index contributed by atoms with van der Waals surface area (Å²) in [5, 5.41) is 9.10. The van der Waals surface area contributed by atoms with Crippen molar-refractivity contribution < 1.29 is 0 Å². The van der Waals surface area contributed by atoms with E-state index in [1.165, 1.54) is 12.8 Å². The van der Waals surface area contributed by atoms with Crippen LogP contribution in [0.5, 0.6) is 0 Å². The van der Waals surface area contributed by atoms with E-state index < -0.39 is 0 Å². The monoisotopic (exact) mass is 186 g/mol. The van der Waals surface area contributed by atoms with Gasteiger partial charge < -0.3 is 0 Å².